The molecule has 7 nitrogen and oxygen atoms in total. The average molecular weight is 360 g/mol. The Hall–Kier alpha value is -3.61. The number of benzene rings is 1. The van der Waals surface area contributed by atoms with Crippen molar-refractivity contribution < 1.29 is 9.47 Å². The van der Waals surface area contributed by atoms with Gasteiger partial charge in [0, 0.05) is 29.1 Å². The summed E-state index contributed by atoms with van der Waals surface area (Å²) in [5.41, 5.74) is 5.10. The SMILES string of the molecule is Cc1[nH]n2c(=O)cc(-c3ccc4c(c3C)OCO4)nc2c1-c1ccccn1. The number of rotatable bonds is 2. The quantitative estimate of drug-likeness (QED) is 0.594. The normalized spacial score (nSPS) is 12.7. The molecular formula is C20H16N4O3. The molecule has 3 aromatic heterocycles. The predicted molar refractivity (Wildman–Crippen MR) is 100 cm³/mol. The fourth-order valence-electron chi connectivity index (χ4n) is 3.49. The van der Waals surface area contributed by atoms with Gasteiger partial charge in [0.05, 0.1) is 17.0 Å². The molecule has 4 heterocycles. The van der Waals surface area contributed by atoms with E-state index in [-0.39, 0.29) is 12.4 Å². The van der Waals surface area contributed by atoms with E-state index in [1.807, 2.05) is 44.2 Å². The van der Waals surface area contributed by atoms with Crippen LogP contribution in [-0.4, -0.2) is 26.4 Å². The van der Waals surface area contributed by atoms with Crippen molar-refractivity contribution in [3.05, 3.63) is 64.2 Å². The monoisotopic (exact) mass is 360 g/mol. The summed E-state index contributed by atoms with van der Waals surface area (Å²) in [7, 11) is 0. The Bertz CT molecular complexity index is 1240. The van der Waals surface area contributed by atoms with Gasteiger partial charge in [-0.3, -0.25) is 14.9 Å². The summed E-state index contributed by atoms with van der Waals surface area (Å²) in [6, 6.07) is 10.9. The first-order valence-electron chi connectivity index (χ1n) is 8.57. The molecule has 1 aliphatic rings. The molecule has 5 rings (SSSR count). The summed E-state index contributed by atoms with van der Waals surface area (Å²) in [5.74, 6) is 1.41. The molecule has 0 saturated heterocycles. The third kappa shape index (κ3) is 2.32. The van der Waals surface area contributed by atoms with Crippen molar-refractivity contribution in [2.24, 2.45) is 0 Å². The highest BCUT2D eigenvalue weighted by Crippen LogP contribution is 2.40. The maximum Gasteiger partial charge on any atom is 0.273 e. The van der Waals surface area contributed by atoms with E-state index in [2.05, 4.69) is 10.1 Å². The second-order valence-corrected chi connectivity index (χ2v) is 6.44. The molecule has 7 heteroatoms. The van der Waals surface area contributed by atoms with Crippen molar-refractivity contribution in [1.29, 1.82) is 0 Å². The van der Waals surface area contributed by atoms with E-state index in [9.17, 15) is 4.79 Å². The van der Waals surface area contributed by atoms with Gasteiger partial charge in [-0.1, -0.05) is 6.07 Å². The molecule has 0 aliphatic carbocycles. The Morgan fingerprint density at radius 1 is 1.11 bits per heavy atom. The Morgan fingerprint density at radius 3 is 2.81 bits per heavy atom. The van der Waals surface area contributed by atoms with E-state index in [4.69, 9.17) is 14.5 Å². The summed E-state index contributed by atoms with van der Waals surface area (Å²) < 4.78 is 12.4. The van der Waals surface area contributed by atoms with Crippen molar-refractivity contribution in [1.82, 2.24) is 19.6 Å². The topological polar surface area (TPSA) is 81.5 Å². The van der Waals surface area contributed by atoms with Crippen LogP contribution in [0.5, 0.6) is 11.5 Å². The second kappa shape index (κ2) is 5.70. The molecule has 1 aromatic carbocycles. The number of nitrogens with one attached hydrogen (secondary N) is 1. The number of fused-ring (bicyclic) bond motifs is 2. The maximum atomic E-state index is 12.7. The summed E-state index contributed by atoms with van der Waals surface area (Å²) in [6.45, 7) is 4.05. The van der Waals surface area contributed by atoms with Gasteiger partial charge in [0.25, 0.3) is 5.56 Å². The largest absolute Gasteiger partial charge is 0.454 e. The number of ether oxygens (including phenoxy) is 2. The first kappa shape index (κ1) is 15.6. The van der Waals surface area contributed by atoms with Crippen LogP contribution in [0.1, 0.15) is 11.3 Å². The molecular weight excluding hydrogens is 344 g/mol. The molecule has 1 aliphatic heterocycles. The van der Waals surface area contributed by atoms with E-state index in [1.54, 1.807) is 6.20 Å². The number of nitrogens with zero attached hydrogens (tertiary/aromatic N) is 3. The molecule has 134 valence electrons. The highest BCUT2D eigenvalue weighted by atomic mass is 16.7. The Kier molecular flexibility index (Phi) is 3.30. The Balaban J connectivity index is 1.78. The lowest BCUT2D eigenvalue weighted by Gasteiger charge is -2.08. The minimum absolute atomic E-state index is 0.183. The van der Waals surface area contributed by atoms with Crippen molar-refractivity contribution in [3.63, 3.8) is 0 Å². The third-order valence-electron chi connectivity index (χ3n) is 4.78. The van der Waals surface area contributed by atoms with Crippen LogP contribution in [0.25, 0.3) is 28.2 Å². The molecule has 27 heavy (non-hydrogen) atoms. The number of pyridine rings is 1. The molecule has 1 N–H and O–H groups in total. The van der Waals surface area contributed by atoms with Crippen LogP contribution >= 0.6 is 0 Å². The minimum Gasteiger partial charge on any atom is -0.454 e. The molecule has 0 fully saturated rings. The first-order chi connectivity index (χ1) is 13.1. The van der Waals surface area contributed by atoms with Gasteiger partial charge in [-0.05, 0) is 38.1 Å². The molecule has 0 radical (unpaired) electrons. The van der Waals surface area contributed by atoms with E-state index < -0.39 is 0 Å². The number of H-pyrrole nitrogens is 1. The summed E-state index contributed by atoms with van der Waals surface area (Å²) in [6.07, 6.45) is 1.72. The Morgan fingerprint density at radius 2 is 2.00 bits per heavy atom. The zero-order valence-electron chi connectivity index (χ0n) is 14.8. The number of hydrogen-bond donors (Lipinski definition) is 1. The maximum absolute atomic E-state index is 12.7. The number of aromatic amines is 1. The van der Waals surface area contributed by atoms with Crippen molar-refractivity contribution in [2.75, 3.05) is 6.79 Å². The Labute approximate surface area is 154 Å². The van der Waals surface area contributed by atoms with E-state index in [0.717, 1.165) is 28.1 Å². The van der Waals surface area contributed by atoms with Crippen LogP contribution in [0, 0.1) is 13.8 Å². The minimum atomic E-state index is -0.183. The zero-order valence-corrected chi connectivity index (χ0v) is 14.8. The van der Waals surface area contributed by atoms with Crippen molar-refractivity contribution in [3.8, 4) is 34.0 Å². The lowest BCUT2D eigenvalue weighted by Crippen LogP contribution is -2.14. The van der Waals surface area contributed by atoms with Gasteiger partial charge in [-0.2, -0.15) is 0 Å². The van der Waals surface area contributed by atoms with Crippen LogP contribution in [0.3, 0.4) is 0 Å². The highest BCUT2D eigenvalue weighted by Gasteiger charge is 2.21. The third-order valence-corrected chi connectivity index (χ3v) is 4.78. The molecule has 0 unspecified atom stereocenters. The van der Waals surface area contributed by atoms with E-state index >= 15 is 0 Å². The van der Waals surface area contributed by atoms with Gasteiger partial charge in [0.1, 0.15) is 0 Å². The highest BCUT2D eigenvalue weighted by molar-refractivity contribution is 5.79. The molecule has 0 atom stereocenters. The number of aryl methyl sites for hydroxylation is 1. The smallest absolute Gasteiger partial charge is 0.273 e. The van der Waals surface area contributed by atoms with E-state index in [1.165, 1.54) is 10.6 Å². The first-order valence-corrected chi connectivity index (χ1v) is 8.57. The van der Waals surface area contributed by atoms with Gasteiger partial charge in [-0.25, -0.2) is 9.50 Å². The lowest BCUT2D eigenvalue weighted by molar-refractivity contribution is 0.173. The second-order valence-electron chi connectivity index (χ2n) is 6.44. The predicted octanol–water partition coefficient (Wildman–Crippen LogP) is 3.10. The lowest BCUT2D eigenvalue weighted by atomic mass is 10.0. The zero-order chi connectivity index (χ0) is 18.5. The van der Waals surface area contributed by atoms with Crippen LogP contribution < -0.4 is 15.0 Å². The van der Waals surface area contributed by atoms with Gasteiger partial charge >= 0.3 is 0 Å². The van der Waals surface area contributed by atoms with Gasteiger partial charge in [-0.15, -0.1) is 0 Å². The number of aromatic nitrogens is 4. The van der Waals surface area contributed by atoms with Crippen LogP contribution in [0.15, 0.2) is 47.4 Å². The fraction of sp³-hybridized carbons (Fsp3) is 0.150. The van der Waals surface area contributed by atoms with Crippen molar-refractivity contribution in [2.45, 2.75) is 13.8 Å². The fourth-order valence-corrected chi connectivity index (χ4v) is 3.49. The van der Waals surface area contributed by atoms with Crippen LogP contribution in [0.4, 0.5) is 0 Å². The average Bonchev–Trinajstić information content (AvgIpc) is 3.27. The van der Waals surface area contributed by atoms with Crippen molar-refractivity contribution >= 4 is 5.65 Å². The number of hydrogen-bond acceptors (Lipinski definition) is 5. The molecule has 0 amide bonds. The molecule has 0 bridgehead atoms. The molecule has 4 aromatic rings. The standard InChI is InChI=1S/C20H16N4O3/c1-11-13(6-7-16-19(11)27-10-26-16)15-9-17(25)24-20(22-15)18(12(2)23-24)14-5-3-4-8-21-14/h3-9,23H,10H2,1-2H3. The van der Waals surface area contributed by atoms with Gasteiger partial charge < -0.3 is 9.47 Å². The van der Waals surface area contributed by atoms with Crippen LogP contribution in [0.2, 0.25) is 0 Å². The van der Waals surface area contributed by atoms with E-state index in [0.29, 0.717) is 22.8 Å². The molecule has 0 spiro atoms. The summed E-state index contributed by atoms with van der Waals surface area (Å²) in [5, 5.41) is 3.09. The van der Waals surface area contributed by atoms with Gasteiger partial charge in [0.15, 0.2) is 17.1 Å². The molecule has 0 saturated carbocycles. The summed E-state index contributed by atoms with van der Waals surface area (Å²) >= 11 is 0. The van der Waals surface area contributed by atoms with Crippen LogP contribution in [-0.2, 0) is 0 Å². The summed E-state index contributed by atoms with van der Waals surface area (Å²) in [4.78, 5) is 21.9. The van der Waals surface area contributed by atoms with Gasteiger partial charge in [0.2, 0.25) is 6.79 Å².